The first kappa shape index (κ1) is 10.5. The molecule has 2 aliphatic carbocycles. The molecule has 0 heterocycles. The van der Waals surface area contributed by atoms with Crippen LogP contribution < -0.4 is 10.1 Å². The zero-order chi connectivity index (χ0) is 11.8. The summed E-state index contributed by atoms with van der Waals surface area (Å²) in [6, 6.07) is 5.99. The number of nitrogens with one attached hydrogen (secondary N) is 1. The van der Waals surface area contributed by atoms with E-state index >= 15 is 0 Å². The molecule has 2 aliphatic rings. The van der Waals surface area contributed by atoms with Crippen molar-refractivity contribution in [1.29, 1.82) is 0 Å². The van der Waals surface area contributed by atoms with Crippen LogP contribution in [0.4, 0.5) is 5.69 Å². The summed E-state index contributed by atoms with van der Waals surface area (Å²) in [6.45, 7) is 0. The third-order valence-electron chi connectivity index (χ3n) is 3.89. The molecule has 3 nitrogen and oxygen atoms in total. The molecule has 3 rings (SSSR count). The SMILES string of the molecule is COc1ccc(NC2CC3CC=CC32)cc1O. The molecule has 1 fully saturated rings. The highest BCUT2D eigenvalue weighted by molar-refractivity contribution is 5.55. The third kappa shape index (κ3) is 1.75. The van der Waals surface area contributed by atoms with Gasteiger partial charge in [-0.25, -0.2) is 0 Å². The average Bonchev–Trinajstić information content (AvgIpc) is 2.68. The summed E-state index contributed by atoms with van der Waals surface area (Å²) in [5, 5.41) is 13.2. The average molecular weight is 231 g/mol. The lowest BCUT2D eigenvalue weighted by Crippen LogP contribution is -2.43. The van der Waals surface area contributed by atoms with Gasteiger partial charge in [0, 0.05) is 23.7 Å². The maximum absolute atomic E-state index is 9.70. The molecule has 0 saturated heterocycles. The zero-order valence-corrected chi connectivity index (χ0v) is 9.89. The van der Waals surface area contributed by atoms with Crippen LogP contribution in [0, 0.1) is 11.8 Å². The summed E-state index contributed by atoms with van der Waals surface area (Å²) in [7, 11) is 1.56. The minimum Gasteiger partial charge on any atom is -0.504 e. The number of methoxy groups -OCH3 is 1. The quantitative estimate of drug-likeness (QED) is 0.786. The van der Waals surface area contributed by atoms with E-state index in [2.05, 4.69) is 17.5 Å². The van der Waals surface area contributed by atoms with E-state index in [0.717, 1.165) is 11.6 Å². The fourth-order valence-electron chi connectivity index (χ4n) is 2.88. The molecule has 3 heteroatoms. The van der Waals surface area contributed by atoms with Crippen LogP contribution in [0.2, 0.25) is 0 Å². The van der Waals surface area contributed by atoms with Gasteiger partial charge in [-0.05, 0) is 30.9 Å². The van der Waals surface area contributed by atoms with Crippen molar-refractivity contribution >= 4 is 5.69 Å². The monoisotopic (exact) mass is 231 g/mol. The number of aromatic hydroxyl groups is 1. The van der Waals surface area contributed by atoms with Crippen molar-refractivity contribution in [3.8, 4) is 11.5 Å². The fraction of sp³-hybridized carbons (Fsp3) is 0.429. The predicted molar refractivity (Wildman–Crippen MR) is 67.4 cm³/mol. The van der Waals surface area contributed by atoms with E-state index in [1.165, 1.54) is 12.8 Å². The second-order valence-electron chi connectivity index (χ2n) is 4.87. The summed E-state index contributed by atoms with van der Waals surface area (Å²) in [6.07, 6.45) is 7.05. The van der Waals surface area contributed by atoms with E-state index in [1.54, 1.807) is 19.2 Å². The van der Waals surface area contributed by atoms with E-state index in [1.807, 2.05) is 6.07 Å². The lowest BCUT2D eigenvalue weighted by molar-refractivity contribution is 0.218. The molecular weight excluding hydrogens is 214 g/mol. The van der Waals surface area contributed by atoms with Gasteiger partial charge in [-0.3, -0.25) is 0 Å². The van der Waals surface area contributed by atoms with Gasteiger partial charge < -0.3 is 15.2 Å². The van der Waals surface area contributed by atoms with Gasteiger partial charge in [0.05, 0.1) is 7.11 Å². The van der Waals surface area contributed by atoms with Crippen LogP contribution in [0.25, 0.3) is 0 Å². The van der Waals surface area contributed by atoms with Crippen molar-refractivity contribution in [2.45, 2.75) is 18.9 Å². The molecule has 0 aliphatic heterocycles. The molecule has 1 aromatic carbocycles. The summed E-state index contributed by atoms with van der Waals surface area (Å²) < 4.78 is 5.03. The standard InChI is InChI=1S/C14H17NO2/c1-17-14-6-5-10(8-13(14)16)15-12-7-9-3-2-4-11(9)12/h2,4-6,8-9,11-12,15-16H,3,7H2,1H3. The number of allylic oxidation sites excluding steroid dienone is 1. The van der Waals surface area contributed by atoms with Crippen LogP contribution in [0.5, 0.6) is 11.5 Å². The summed E-state index contributed by atoms with van der Waals surface area (Å²) in [5.74, 6) is 2.23. The Balaban J connectivity index is 1.69. The van der Waals surface area contributed by atoms with E-state index in [9.17, 15) is 5.11 Å². The number of anilines is 1. The van der Waals surface area contributed by atoms with Gasteiger partial charge >= 0.3 is 0 Å². The Labute approximate surface area is 101 Å². The maximum Gasteiger partial charge on any atom is 0.160 e. The molecule has 0 spiro atoms. The van der Waals surface area contributed by atoms with Crippen molar-refractivity contribution in [1.82, 2.24) is 0 Å². The summed E-state index contributed by atoms with van der Waals surface area (Å²) in [4.78, 5) is 0. The molecule has 3 unspecified atom stereocenters. The van der Waals surface area contributed by atoms with Crippen molar-refractivity contribution in [2.75, 3.05) is 12.4 Å². The van der Waals surface area contributed by atoms with Crippen molar-refractivity contribution in [3.63, 3.8) is 0 Å². The minimum absolute atomic E-state index is 0.190. The van der Waals surface area contributed by atoms with Gasteiger partial charge in [-0.1, -0.05) is 12.2 Å². The van der Waals surface area contributed by atoms with Crippen LogP contribution in [0.3, 0.4) is 0 Å². The van der Waals surface area contributed by atoms with Crippen LogP contribution in [-0.2, 0) is 0 Å². The van der Waals surface area contributed by atoms with Crippen LogP contribution in [0.15, 0.2) is 30.4 Å². The van der Waals surface area contributed by atoms with Crippen LogP contribution in [0.1, 0.15) is 12.8 Å². The first-order valence-electron chi connectivity index (χ1n) is 6.08. The topological polar surface area (TPSA) is 41.5 Å². The number of ether oxygens (including phenoxy) is 1. The van der Waals surface area contributed by atoms with Gasteiger partial charge in [-0.2, -0.15) is 0 Å². The molecule has 1 aromatic rings. The number of phenolic OH excluding ortho intramolecular Hbond substituents is 1. The fourth-order valence-corrected chi connectivity index (χ4v) is 2.88. The summed E-state index contributed by atoms with van der Waals surface area (Å²) in [5.41, 5.74) is 0.965. The highest BCUT2D eigenvalue weighted by atomic mass is 16.5. The van der Waals surface area contributed by atoms with Gasteiger partial charge in [-0.15, -0.1) is 0 Å². The van der Waals surface area contributed by atoms with Gasteiger partial charge in [0.25, 0.3) is 0 Å². The number of phenols is 1. The maximum atomic E-state index is 9.70. The van der Waals surface area contributed by atoms with Crippen molar-refractivity contribution in [3.05, 3.63) is 30.4 Å². The van der Waals surface area contributed by atoms with Crippen molar-refractivity contribution in [2.24, 2.45) is 11.8 Å². The first-order chi connectivity index (χ1) is 8.28. The Hall–Kier alpha value is -1.64. The molecular formula is C14H17NO2. The molecule has 17 heavy (non-hydrogen) atoms. The van der Waals surface area contributed by atoms with Gasteiger partial charge in [0.2, 0.25) is 0 Å². The number of fused-ring (bicyclic) bond motifs is 1. The number of hydrogen-bond acceptors (Lipinski definition) is 3. The Bertz CT molecular complexity index is 456. The van der Waals surface area contributed by atoms with Crippen LogP contribution in [-0.4, -0.2) is 18.3 Å². The second kappa shape index (κ2) is 3.99. The molecule has 0 aromatic heterocycles. The lowest BCUT2D eigenvalue weighted by Gasteiger charge is -2.41. The van der Waals surface area contributed by atoms with E-state index < -0.39 is 0 Å². The zero-order valence-electron chi connectivity index (χ0n) is 9.89. The molecule has 0 radical (unpaired) electrons. The molecule has 3 atom stereocenters. The van der Waals surface area contributed by atoms with Gasteiger partial charge in [0.1, 0.15) is 0 Å². The Kier molecular flexibility index (Phi) is 2.46. The Morgan fingerprint density at radius 3 is 3.00 bits per heavy atom. The van der Waals surface area contributed by atoms with Crippen LogP contribution >= 0.6 is 0 Å². The molecule has 2 N–H and O–H groups in total. The Morgan fingerprint density at radius 2 is 2.29 bits per heavy atom. The smallest absolute Gasteiger partial charge is 0.160 e. The van der Waals surface area contributed by atoms with Gasteiger partial charge in [0.15, 0.2) is 11.5 Å². The molecule has 0 amide bonds. The number of hydrogen-bond donors (Lipinski definition) is 2. The molecule has 1 saturated carbocycles. The first-order valence-corrected chi connectivity index (χ1v) is 6.08. The van der Waals surface area contributed by atoms with E-state index in [4.69, 9.17) is 4.74 Å². The lowest BCUT2D eigenvalue weighted by atomic mass is 9.71. The molecule has 0 bridgehead atoms. The highest BCUT2D eigenvalue weighted by Gasteiger charge is 2.40. The predicted octanol–water partition coefficient (Wildman–Crippen LogP) is 2.78. The molecule has 90 valence electrons. The van der Waals surface area contributed by atoms with Crippen molar-refractivity contribution < 1.29 is 9.84 Å². The minimum atomic E-state index is 0.190. The van der Waals surface area contributed by atoms with E-state index in [-0.39, 0.29) is 5.75 Å². The normalized spacial score (nSPS) is 29.6. The Morgan fingerprint density at radius 1 is 1.41 bits per heavy atom. The number of rotatable bonds is 3. The largest absolute Gasteiger partial charge is 0.504 e. The van der Waals surface area contributed by atoms with E-state index in [0.29, 0.717) is 17.7 Å². The highest BCUT2D eigenvalue weighted by Crippen LogP contribution is 2.44. The second-order valence-corrected chi connectivity index (χ2v) is 4.87. The third-order valence-corrected chi connectivity index (χ3v) is 3.89. The number of benzene rings is 1. The summed E-state index contributed by atoms with van der Waals surface area (Å²) >= 11 is 0.